The van der Waals surface area contributed by atoms with E-state index in [2.05, 4.69) is 12.2 Å². The van der Waals surface area contributed by atoms with Crippen LogP contribution in [0.2, 0.25) is 0 Å². The first-order valence-electron chi connectivity index (χ1n) is 6.64. The maximum atomic E-state index is 10.7. The van der Waals surface area contributed by atoms with Crippen molar-refractivity contribution in [2.45, 2.75) is 38.6 Å². The number of nitrogens with one attached hydrogen (secondary N) is 1. The van der Waals surface area contributed by atoms with Gasteiger partial charge in [0.05, 0.1) is 4.92 Å². The quantitative estimate of drug-likeness (QED) is 0.457. The monoisotopic (exact) mass is 248 g/mol. The summed E-state index contributed by atoms with van der Waals surface area (Å²) in [5.74, 6) is 0.972. The average molecular weight is 248 g/mol. The molecule has 0 aliphatic heterocycles. The predicted molar refractivity (Wildman–Crippen MR) is 71.5 cm³/mol. The molecular weight excluding hydrogens is 228 g/mol. The first-order chi connectivity index (χ1) is 8.66. The topological polar surface area (TPSA) is 55.2 Å². The SMILES string of the molecule is CC(NCCCC1CC1)c1cccc([N+](=O)[O-])c1. The molecule has 2 rings (SSSR count). The van der Waals surface area contributed by atoms with Crippen molar-refractivity contribution in [3.05, 3.63) is 39.9 Å². The summed E-state index contributed by atoms with van der Waals surface area (Å²) in [7, 11) is 0. The van der Waals surface area contributed by atoms with Crippen molar-refractivity contribution in [1.82, 2.24) is 5.32 Å². The number of hydrogen-bond acceptors (Lipinski definition) is 3. The summed E-state index contributed by atoms with van der Waals surface area (Å²) in [4.78, 5) is 10.4. The lowest BCUT2D eigenvalue weighted by atomic mass is 10.1. The van der Waals surface area contributed by atoms with Crippen LogP contribution in [0.5, 0.6) is 0 Å². The Balaban J connectivity index is 1.81. The van der Waals surface area contributed by atoms with Crippen LogP contribution >= 0.6 is 0 Å². The van der Waals surface area contributed by atoms with Gasteiger partial charge in [-0.2, -0.15) is 0 Å². The fourth-order valence-electron chi connectivity index (χ4n) is 2.14. The molecule has 1 aliphatic rings. The Bertz CT molecular complexity index is 416. The molecule has 0 radical (unpaired) electrons. The molecule has 4 nitrogen and oxygen atoms in total. The summed E-state index contributed by atoms with van der Waals surface area (Å²) in [5, 5.41) is 14.1. The lowest BCUT2D eigenvalue weighted by Crippen LogP contribution is -2.20. The molecule has 1 fully saturated rings. The second-order valence-corrected chi connectivity index (χ2v) is 5.11. The molecule has 0 amide bonds. The largest absolute Gasteiger partial charge is 0.310 e. The van der Waals surface area contributed by atoms with Crippen LogP contribution in [0.4, 0.5) is 5.69 Å². The van der Waals surface area contributed by atoms with E-state index in [9.17, 15) is 10.1 Å². The van der Waals surface area contributed by atoms with E-state index in [-0.39, 0.29) is 16.7 Å². The molecule has 0 heterocycles. The highest BCUT2D eigenvalue weighted by atomic mass is 16.6. The van der Waals surface area contributed by atoms with Crippen molar-refractivity contribution in [1.29, 1.82) is 0 Å². The fourth-order valence-corrected chi connectivity index (χ4v) is 2.14. The molecule has 1 aromatic rings. The number of nitro benzene ring substituents is 1. The van der Waals surface area contributed by atoms with Gasteiger partial charge in [-0.1, -0.05) is 25.0 Å². The van der Waals surface area contributed by atoms with E-state index in [1.165, 1.54) is 31.7 Å². The van der Waals surface area contributed by atoms with E-state index in [0.717, 1.165) is 18.0 Å². The standard InChI is InChI=1S/C14H20N2O2/c1-11(15-9-3-4-12-7-8-12)13-5-2-6-14(10-13)16(17)18/h2,5-6,10-12,15H,3-4,7-9H2,1H3. The van der Waals surface area contributed by atoms with Gasteiger partial charge in [0.1, 0.15) is 0 Å². The molecule has 1 aliphatic carbocycles. The fraction of sp³-hybridized carbons (Fsp3) is 0.571. The van der Waals surface area contributed by atoms with Crippen LogP contribution < -0.4 is 5.32 Å². The van der Waals surface area contributed by atoms with Crippen LogP contribution in [0.25, 0.3) is 0 Å². The van der Waals surface area contributed by atoms with Crippen LogP contribution in [-0.2, 0) is 0 Å². The number of benzene rings is 1. The Morgan fingerprint density at radius 3 is 2.94 bits per heavy atom. The molecule has 1 unspecified atom stereocenters. The molecule has 1 N–H and O–H groups in total. The van der Waals surface area contributed by atoms with Crippen LogP contribution in [0.1, 0.15) is 44.2 Å². The van der Waals surface area contributed by atoms with Crippen LogP contribution in [0.3, 0.4) is 0 Å². The molecule has 0 saturated heterocycles. The van der Waals surface area contributed by atoms with Gasteiger partial charge >= 0.3 is 0 Å². The van der Waals surface area contributed by atoms with Crippen molar-refractivity contribution >= 4 is 5.69 Å². The van der Waals surface area contributed by atoms with E-state index in [1.54, 1.807) is 12.1 Å². The number of rotatable bonds is 7. The normalized spacial score (nSPS) is 16.5. The number of non-ortho nitro benzene ring substituents is 1. The van der Waals surface area contributed by atoms with E-state index < -0.39 is 0 Å². The lowest BCUT2D eigenvalue weighted by molar-refractivity contribution is -0.384. The first-order valence-corrected chi connectivity index (χ1v) is 6.64. The molecule has 0 bridgehead atoms. The van der Waals surface area contributed by atoms with E-state index in [0.29, 0.717) is 0 Å². The Labute approximate surface area is 108 Å². The first kappa shape index (κ1) is 13.0. The van der Waals surface area contributed by atoms with Crippen molar-refractivity contribution < 1.29 is 4.92 Å². The van der Waals surface area contributed by atoms with Crippen molar-refractivity contribution in [3.8, 4) is 0 Å². The summed E-state index contributed by atoms with van der Waals surface area (Å²) in [6.07, 6.45) is 5.32. The summed E-state index contributed by atoms with van der Waals surface area (Å²) >= 11 is 0. The molecule has 4 heteroatoms. The third kappa shape index (κ3) is 3.81. The number of hydrogen-bond donors (Lipinski definition) is 1. The smallest absolute Gasteiger partial charge is 0.269 e. The van der Waals surface area contributed by atoms with E-state index in [4.69, 9.17) is 0 Å². The number of nitrogens with zero attached hydrogens (tertiary/aromatic N) is 1. The van der Waals surface area contributed by atoms with Crippen LogP contribution in [-0.4, -0.2) is 11.5 Å². The van der Waals surface area contributed by atoms with Gasteiger partial charge < -0.3 is 5.32 Å². The molecule has 1 atom stereocenters. The van der Waals surface area contributed by atoms with Gasteiger partial charge in [-0.25, -0.2) is 0 Å². The zero-order valence-corrected chi connectivity index (χ0v) is 10.8. The Kier molecular flexibility index (Phi) is 4.31. The molecule has 98 valence electrons. The minimum Gasteiger partial charge on any atom is -0.310 e. The van der Waals surface area contributed by atoms with Gasteiger partial charge in [-0.15, -0.1) is 0 Å². The van der Waals surface area contributed by atoms with E-state index >= 15 is 0 Å². The van der Waals surface area contributed by atoms with Crippen molar-refractivity contribution in [2.75, 3.05) is 6.54 Å². The van der Waals surface area contributed by atoms with Crippen molar-refractivity contribution in [3.63, 3.8) is 0 Å². The van der Waals surface area contributed by atoms with Crippen molar-refractivity contribution in [2.24, 2.45) is 5.92 Å². The second kappa shape index (κ2) is 5.96. The van der Waals surface area contributed by atoms with Gasteiger partial charge in [0.2, 0.25) is 0 Å². The minimum atomic E-state index is -0.344. The van der Waals surface area contributed by atoms with Gasteiger partial charge in [0, 0.05) is 18.2 Å². The molecule has 18 heavy (non-hydrogen) atoms. The Morgan fingerprint density at radius 1 is 1.50 bits per heavy atom. The zero-order valence-electron chi connectivity index (χ0n) is 10.8. The summed E-state index contributed by atoms with van der Waals surface area (Å²) in [6.45, 7) is 3.04. The maximum absolute atomic E-state index is 10.7. The third-order valence-corrected chi connectivity index (χ3v) is 3.52. The summed E-state index contributed by atoms with van der Waals surface area (Å²) < 4.78 is 0. The predicted octanol–water partition coefficient (Wildman–Crippen LogP) is 3.44. The zero-order chi connectivity index (χ0) is 13.0. The van der Waals surface area contributed by atoms with Gasteiger partial charge in [0.25, 0.3) is 5.69 Å². The second-order valence-electron chi connectivity index (χ2n) is 5.11. The Morgan fingerprint density at radius 2 is 2.28 bits per heavy atom. The third-order valence-electron chi connectivity index (χ3n) is 3.52. The van der Waals surface area contributed by atoms with E-state index in [1.807, 2.05) is 6.07 Å². The maximum Gasteiger partial charge on any atom is 0.269 e. The highest BCUT2D eigenvalue weighted by molar-refractivity contribution is 5.35. The lowest BCUT2D eigenvalue weighted by Gasteiger charge is -2.13. The Hall–Kier alpha value is -1.42. The van der Waals surface area contributed by atoms with Gasteiger partial charge in [0.15, 0.2) is 0 Å². The minimum absolute atomic E-state index is 0.166. The van der Waals surface area contributed by atoms with Crippen LogP contribution in [0.15, 0.2) is 24.3 Å². The molecule has 0 aromatic heterocycles. The van der Waals surface area contributed by atoms with Crippen LogP contribution in [0, 0.1) is 16.0 Å². The summed E-state index contributed by atoms with van der Waals surface area (Å²) in [5.41, 5.74) is 1.15. The highest BCUT2D eigenvalue weighted by Crippen LogP contribution is 2.33. The highest BCUT2D eigenvalue weighted by Gasteiger charge is 2.20. The molecule has 0 spiro atoms. The molecule has 1 aromatic carbocycles. The average Bonchev–Trinajstić information content (AvgIpc) is 3.18. The van der Waals surface area contributed by atoms with Gasteiger partial charge in [-0.3, -0.25) is 10.1 Å². The molecular formula is C14H20N2O2. The molecule has 1 saturated carbocycles. The number of nitro groups is 1. The summed E-state index contributed by atoms with van der Waals surface area (Å²) in [6, 6.07) is 7.03. The van der Waals surface area contributed by atoms with Gasteiger partial charge in [-0.05, 0) is 37.8 Å².